The third kappa shape index (κ3) is 3.20. The minimum Gasteiger partial charge on any atom is -0.481 e. The van der Waals surface area contributed by atoms with Crippen molar-refractivity contribution in [3.63, 3.8) is 0 Å². The third-order valence-electron chi connectivity index (χ3n) is 3.35. The Hall–Kier alpha value is -2.24. The van der Waals surface area contributed by atoms with Gasteiger partial charge in [0, 0.05) is 12.1 Å². The van der Waals surface area contributed by atoms with Crippen LogP contribution in [0.2, 0.25) is 0 Å². The van der Waals surface area contributed by atoms with Crippen LogP contribution < -0.4 is 0 Å². The molecule has 1 unspecified atom stereocenters. The summed E-state index contributed by atoms with van der Waals surface area (Å²) in [6.45, 7) is 4.28. The summed E-state index contributed by atoms with van der Waals surface area (Å²) in [4.78, 5) is 10.8. The second-order valence-corrected chi connectivity index (χ2v) is 4.80. The first-order valence-electron chi connectivity index (χ1n) is 6.70. The van der Waals surface area contributed by atoms with Gasteiger partial charge >= 0.3 is 5.97 Å². The van der Waals surface area contributed by atoms with Gasteiger partial charge in [-0.15, -0.1) is 5.10 Å². The van der Waals surface area contributed by atoms with Crippen LogP contribution >= 0.6 is 0 Å². The number of nitrogens with zero attached hydrogens (tertiary/aromatic N) is 4. The number of carboxylic acid groups (broad SMARTS) is 1. The molecule has 0 amide bonds. The van der Waals surface area contributed by atoms with Gasteiger partial charge in [-0.1, -0.05) is 38.1 Å². The van der Waals surface area contributed by atoms with Crippen LogP contribution in [0.4, 0.5) is 0 Å². The molecule has 0 saturated heterocycles. The lowest BCUT2D eigenvalue weighted by molar-refractivity contribution is -0.141. The number of aryl methyl sites for hydroxylation is 2. The molecule has 0 aliphatic carbocycles. The Morgan fingerprint density at radius 2 is 2.05 bits per heavy atom. The summed E-state index contributed by atoms with van der Waals surface area (Å²) < 4.78 is 1.65. The quantitative estimate of drug-likeness (QED) is 0.871. The molecule has 2 aromatic rings. The zero-order valence-electron chi connectivity index (χ0n) is 11.7. The highest BCUT2D eigenvalue weighted by molar-refractivity contribution is 5.69. The van der Waals surface area contributed by atoms with Crippen LogP contribution in [0.1, 0.15) is 25.8 Å². The van der Waals surface area contributed by atoms with Crippen molar-refractivity contribution in [2.24, 2.45) is 5.92 Å². The Labute approximate surface area is 117 Å². The molecule has 0 radical (unpaired) electrons. The fourth-order valence-corrected chi connectivity index (χ4v) is 1.89. The van der Waals surface area contributed by atoms with Gasteiger partial charge in [0.1, 0.15) is 0 Å². The maximum atomic E-state index is 10.8. The van der Waals surface area contributed by atoms with Gasteiger partial charge in [-0.3, -0.25) is 4.79 Å². The minimum absolute atomic E-state index is 0.408. The molecule has 1 aromatic carbocycles. The number of aliphatic carboxylic acids is 1. The van der Waals surface area contributed by atoms with E-state index in [0.29, 0.717) is 18.8 Å². The predicted octanol–water partition coefficient (Wildman–Crippen LogP) is 2.01. The van der Waals surface area contributed by atoms with Crippen LogP contribution in [0.5, 0.6) is 0 Å². The topological polar surface area (TPSA) is 80.9 Å². The largest absolute Gasteiger partial charge is 0.481 e. The smallest absolute Gasteiger partial charge is 0.306 e. The molecule has 0 aliphatic rings. The monoisotopic (exact) mass is 274 g/mol. The Bertz CT molecular complexity index is 577. The van der Waals surface area contributed by atoms with Gasteiger partial charge in [0.05, 0.1) is 5.92 Å². The zero-order chi connectivity index (χ0) is 14.5. The molecule has 1 N–H and O–H groups in total. The lowest BCUT2D eigenvalue weighted by Gasteiger charge is -2.07. The number of tetrazole rings is 1. The van der Waals surface area contributed by atoms with Gasteiger partial charge in [-0.2, -0.15) is 0 Å². The summed E-state index contributed by atoms with van der Waals surface area (Å²) in [5.74, 6) is -0.535. The highest BCUT2D eigenvalue weighted by atomic mass is 16.4. The van der Waals surface area contributed by atoms with Crippen molar-refractivity contribution >= 4 is 5.97 Å². The Morgan fingerprint density at radius 3 is 2.65 bits per heavy atom. The first kappa shape index (κ1) is 14.2. The van der Waals surface area contributed by atoms with E-state index in [4.69, 9.17) is 5.11 Å². The van der Waals surface area contributed by atoms with E-state index in [9.17, 15) is 4.79 Å². The molecule has 0 bridgehead atoms. The second-order valence-electron chi connectivity index (χ2n) is 4.80. The highest BCUT2D eigenvalue weighted by Crippen LogP contribution is 2.17. The van der Waals surface area contributed by atoms with Gasteiger partial charge in [0.25, 0.3) is 0 Å². The first-order chi connectivity index (χ1) is 9.61. The lowest BCUT2D eigenvalue weighted by atomic mass is 10.1. The molecule has 106 valence electrons. The van der Waals surface area contributed by atoms with E-state index < -0.39 is 11.9 Å². The standard InChI is InChI=1S/C14H18N4O2/c1-3-11-4-6-12(7-5-11)13-15-16-17-18(13)9-8-10(2)14(19)20/h4-7,10H,3,8-9H2,1-2H3,(H,19,20). The number of rotatable bonds is 6. The Kier molecular flexibility index (Phi) is 4.45. The fraction of sp³-hybridized carbons (Fsp3) is 0.429. The molecule has 0 aliphatic heterocycles. The van der Waals surface area contributed by atoms with Crippen molar-refractivity contribution in [3.8, 4) is 11.4 Å². The number of hydrogen-bond donors (Lipinski definition) is 1. The van der Waals surface area contributed by atoms with Crippen molar-refractivity contribution in [1.29, 1.82) is 0 Å². The number of aromatic nitrogens is 4. The number of carboxylic acids is 1. The van der Waals surface area contributed by atoms with Crippen molar-refractivity contribution in [2.45, 2.75) is 33.2 Å². The summed E-state index contributed by atoms with van der Waals surface area (Å²) in [5.41, 5.74) is 2.20. The highest BCUT2D eigenvalue weighted by Gasteiger charge is 2.14. The van der Waals surface area contributed by atoms with Crippen LogP contribution in [0.25, 0.3) is 11.4 Å². The van der Waals surface area contributed by atoms with Crippen LogP contribution in [-0.2, 0) is 17.8 Å². The number of benzene rings is 1. The molecule has 1 atom stereocenters. The molecule has 6 nitrogen and oxygen atoms in total. The second kappa shape index (κ2) is 6.27. The van der Waals surface area contributed by atoms with E-state index in [-0.39, 0.29) is 0 Å². The number of hydrogen-bond acceptors (Lipinski definition) is 4. The van der Waals surface area contributed by atoms with Gasteiger partial charge < -0.3 is 5.11 Å². The van der Waals surface area contributed by atoms with E-state index in [0.717, 1.165) is 12.0 Å². The molecular formula is C14H18N4O2. The molecule has 2 rings (SSSR count). The summed E-state index contributed by atoms with van der Waals surface area (Å²) in [6.07, 6.45) is 1.49. The summed E-state index contributed by atoms with van der Waals surface area (Å²) >= 11 is 0. The molecule has 0 spiro atoms. The third-order valence-corrected chi connectivity index (χ3v) is 3.35. The minimum atomic E-state index is -0.799. The van der Waals surface area contributed by atoms with Crippen molar-refractivity contribution in [3.05, 3.63) is 29.8 Å². The molecule has 20 heavy (non-hydrogen) atoms. The number of carbonyl (C=O) groups is 1. The summed E-state index contributed by atoms with van der Waals surface area (Å²) in [6, 6.07) is 8.08. The maximum absolute atomic E-state index is 10.8. The van der Waals surface area contributed by atoms with Gasteiger partial charge in [-0.25, -0.2) is 4.68 Å². The Balaban J connectivity index is 2.13. The molecular weight excluding hydrogens is 256 g/mol. The SMILES string of the molecule is CCc1ccc(-c2nnnn2CCC(C)C(=O)O)cc1. The molecule has 0 fully saturated rings. The average molecular weight is 274 g/mol. The summed E-state index contributed by atoms with van der Waals surface area (Å²) in [7, 11) is 0. The van der Waals surface area contributed by atoms with Crippen molar-refractivity contribution in [2.75, 3.05) is 0 Å². The van der Waals surface area contributed by atoms with Crippen molar-refractivity contribution < 1.29 is 9.90 Å². The van der Waals surface area contributed by atoms with Gasteiger partial charge in [0.2, 0.25) is 0 Å². The fourth-order valence-electron chi connectivity index (χ4n) is 1.89. The lowest BCUT2D eigenvalue weighted by Crippen LogP contribution is -2.14. The van der Waals surface area contributed by atoms with Gasteiger partial charge in [-0.05, 0) is 28.8 Å². The Morgan fingerprint density at radius 1 is 1.35 bits per heavy atom. The van der Waals surface area contributed by atoms with E-state index >= 15 is 0 Å². The van der Waals surface area contributed by atoms with Crippen LogP contribution in [0, 0.1) is 5.92 Å². The normalized spacial score (nSPS) is 12.3. The van der Waals surface area contributed by atoms with Crippen LogP contribution in [-0.4, -0.2) is 31.3 Å². The van der Waals surface area contributed by atoms with Gasteiger partial charge in [0.15, 0.2) is 5.82 Å². The average Bonchev–Trinajstić information content (AvgIpc) is 2.93. The van der Waals surface area contributed by atoms with E-state index in [1.54, 1.807) is 11.6 Å². The maximum Gasteiger partial charge on any atom is 0.306 e. The summed E-state index contributed by atoms with van der Waals surface area (Å²) in [5, 5.41) is 20.5. The first-order valence-corrected chi connectivity index (χ1v) is 6.70. The zero-order valence-corrected chi connectivity index (χ0v) is 11.7. The van der Waals surface area contributed by atoms with E-state index in [1.807, 2.05) is 24.3 Å². The predicted molar refractivity (Wildman–Crippen MR) is 74.0 cm³/mol. The van der Waals surface area contributed by atoms with E-state index in [1.165, 1.54) is 5.56 Å². The molecule has 1 heterocycles. The molecule has 6 heteroatoms. The van der Waals surface area contributed by atoms with E-state index in [2.05, 4.69) is 22.4 Å². The molecule has 0 saturated carbocycles. The molecule has 1 aromatic heterocycles. The van der Waals surface area contributed by atoms with Crippen LogP contribution in [0.3, 0.4) is 0 Å². The van der Waals surface area contributed by atoms with Crippen molar-refractivity contribution in [1.82, 2.24) is 20.2 Å². The van der Waals surface area contributed by atoms with Crippen LogP contribution in [0.15, 0.2) is 24.3 Å².